The van der Waals surface area contributed by atoms with Crippen molar-refractivity contribution in [1.29, 1.82) is 0 Å². The minimum Gasteiger partial charge on any atom is -0.496 e. The summed E-state index contributed by atoms with van der Waals surface area (Å²) in [6.45, 7) is 5.67. The van der Waals surface area contributed by atoms with Crippen LogP contribution in [0.2, 0.25) is 0 Å². The molecule has 1 aliphatic carbocycles. The molecule has 0 saturated heterocycles. The summed E-state index contributed by atoms with van der Waals surface area (Å²) in [6, 6.07) is 15.4. The minimum absolute atomic E-state index is 0.0266. The first kappa shape index (κ1) is 26.7. The van der Waals surface area contributed by atoms with Crippen LogP contribution in [0, 0.1) is 19.7 Å². The molecule has 2 aromatic heterocycles. The Morgan fingerprint density at radius 2 is 1.73 bits per heavy atom. The van der Waals surface area contributed by atoms with Crippen molar-refractivity contribution in [3.05, 3.63) is 95.0 Å². The lowest BCUT2D eigenvalue weighted by Crippen LogP contribution is -2.15. The topological polar surface area (TPSA) is 82.5 Å². The molecule has 3 aromatic carbocycles. The molecule has 1 saturated carbocycles. The molecule has 7 heteroatoms. The summed E-state index contributed by atoms with van der Waals surface area (Å²) < 4.78 is 31.1. The lowest BCUT2D eigenvalue weighted by atomic mass is 9.89. The first-order chi connectivity index (χ1) is 19.7. The molecule has 0 amide bonds. The monoisotopic (exact) mass is 551 g/mol. The van der Waals surface area contributed by atoms with Crippen molar-refractivity contribution in [2.24, 2.45) is 0 Å². The van der Waals surface area contributed by atoms with E-state index in [1.54, 1.807) is 26.2 Å². The number of benzene rings is 3. The number of aryl methyl sites for hydroxylation is 2. The molecule has 0 atom stereocenters. The van der Waals surface area contributed by atoms with Crippen LogP contribution in [0.4, 0.5) is 4.39 Å². The van der Waals surface area contributed by atoms with Crippen molar-refractivity contribution < 1.29 is 27.6 Å². The highest BCUT2D eigenvalue weighted by Gasteiger charge is 2.50. The number of ketones is 2. The van der Waals surface area contributed by atoms with Crippen molar-refractivity contribution in [1.82, 2.24) is 4.98 Å². The Bertz CT molecular complexity index is 1810. The van der Waals surface area contributed by atoms with Gasteiger partial charge in [-0.2, -0.15) is 0 Å². The summed E-state index contributed by atoms with van der Waals surface area (Å²) in [5.41, 5.74) is 5.28. The van der Waals surface area contributed by atoms with Gasteiger partial charge in [0.15, 0.2) is 18.0 Å². The molecule has 0 spiro atoms. The van der Waals surface area contributed by atoms with Crippen molar-refractivity contribution in [3.63, 3.8) is 0 Å². The van der Waals surface area contributed by atoms with E-state index in [1.807, 2.05) is 44.2 Å². The molecule has 6 nitrogen and oxygen atoms in total. The Morgan fingerprint density at radius 3 is 2.37 bits per heavy atom. The molecule has 6 rings (SSSR count). The van der Waals surface area contributed by atoms with Crippen LogP contribution in [0.3, 0.4) is 0 Å². The number of methoxy groups -OCH3 is 1. The average Bonchev–Trinajstić information content (AvgIpc) is 3.43. The summed E-state index contributed by atoms with van der Waals surface area (Å²) in [7, 11) is 1.57. The number of Topliss-reactive ketones (excluding diaryl/α,β-unsaturated/α-hetero) is 2. The maximum atomic E-state index is 13.7. The van der Waals surface area contributed by atoms with E-state index in [0.29, 0.717) is 52.0 Å². The molecule has 2 heterocycles. The first-order valence-electron chi connectivity index (χ1n) is 13.7. The van der Waals surface area contributed by atoms with Crippen LogP contribution in [0.1, 0.15) is 70.3 Å². The van der Waals surface area contributed by atoms with Gasteiger partial charge < -0.3 is 13.6 Å². The Labute approximate surface area is 237 Å². The van der Waals surface area contributed by atoms with Gasteiger partial charge in [0.2, 0.25) is 0 Å². The number of nitrogens with zero attached hydrogens (tertiary/aromatic N) is 1. The van der Waals surface area contributed by atoms with Crippen LogP contribution in [-0.2, 0) is 5.41 Å². The molecule has 208 valence electrons. The predicted molar refractivity (Wildman–Crippen MR) is 154 cm³/mol. The van der Waals surface area contributed by atoms with Gasteiger partial charge in [0.25, 0.3) is 0 Å². The van der Waals surface area contributed by atoms with Gasteiger partial charge >= 0.3 is 0 Å². The SMILES string of the molecule is CCC(=O)c1c(-c2ccc(F)cc2)oc2ccc(-c3cc(C(=O)CC4(c5ocnc5C)CC4)c(OC)cc3C)cc12. The number of hydrogen-bond donors (Lipinski definition) is 0. The molecule has 0 N–H and O–H groups in total. The maximum absolute atomic E-state index is 13.7. The lowest BCUT2D eigenvalue weighted by molar-refractivity contribution is 0.0960. The summed E-state index contributed by atoms with van der Waals surface area (Å²) in [5.74, 6) is 1.27. The van der Waals surface area contributed by atoms with Gasteiger partial charge in [-0.3, -0.25) is 9.59 Å². The highest BCUT2D eigenvalue weighted by atomic mass is 19.1. The van der Waals surface area contributed by atoms with Crippen LogP contribution in [0.25, 0.3) is 33.4 Å². The number of furan rings is 1. The highest BCUT2D eigenvalue weighted by Crippen LogP contribution is 2.53. The molecule has 0 aliphatic heterocycles. The van der Waals surface area contributed by atoms with Gasteiger partial charge in [-0.25, -0.2) is 9.37 Å². The fourth-order valence-electron chi connectivity index (χ4n) is 5.75. The summed E-state index contributed by atoms with van der Waals surface area (Å²) >= 11 is 0. The van der Waals surface area contributed by atoms with Gasteiger partial charge in [-0.1, -0.05) is 13.0 Å². The fraction of sp³-hybridized carbons (Fsp3) is 0.265. The number of carbonyl (C=O) groups is 2. The second-order valence-electron chi connectivity index (χ2n) is 10.8. The Hall–Kier alpha value is -4.52. The van der Waals surface area contributed by atoms with E-state index in [2.05, 4.69) is 4.98 Å². The molecule has 5 aromatic rings. The van der Waals surface area contributed by atoms with E-state index in [0.717, 1.165) is 41.0 Å². The van der Waals surface area contributed by atoms with Crippen molar-refractivity contribution in [3.8, 4) is 28.2 Å². The number of ether oxygens (including phenoxy) is 1. The summed E-state index contributed by atoms with van der Waals surface area (Å²) in [5, 5.41) is 0.675. The van der Waals surface area contributed by atoms with Crippen LogP contribution < -0.4 is 4.74 Å². The van der Waals surface area contributed by atoms with E-state index in [1.165, 1.54) is 18.5 Å². The average molecular weight is 552 g/mol. The van der Waals surface area contributed by atoms with Crippen molar-refractivity contribution in [2.75, 3.05) is 7.11 Å². The normalized spacial score (nSPS) is 13.9. The quantitative estimate of drug-likeness (QED) is 0.171. The van der Waals surface area contributed by atoms with Crippen molar-refractivity contribution in [2.45, 2.75) is 51.9 Å². The molecule has 0 bridgehead atoms. The largest absolute Gasteiger partial charge is 0.496 e. The van der Waals surface area contributed by atoms with Gasteiger partial charge in [0.1, 0.15) is 28.7 Å². The van der Waals surface area contributed by atoms with Crippen LogP contribution >= 0.6 is 0 Å². The zero-order valence-electron chi connectivity index (χ0n) is 23.5. The number of rotatable bonds is 9. The van der Waals surface area contributed by atoms with E-state index in [-0.39, 0.29) is 22.8 Å². The molecule has 41 heavy (non-hydrogen) atoms. The van der Waals surface area contributed by atoms with Crippen LogP contribution in [-0.4, -0.2) is 23.7 Å². The van der Waals surface area contributed by atoms with E-state index in [9.17, 15) is 14.0 Å². The number of oxazole rings is 1. The molecule has 0 unspecified atom stereocenters. The van der Waals surface area contributed by atoms with Crippen LogP contribution in [0.5, 0.6) is 5.75 Å². The third-order valence-corrected chi connectivity index (χ3v) is 8.13. The Kier molecular flexibility index (Phi) is 6.60. The number of aromatic nitrogens is 1. The van der Waals surface area contributed by atoms with E-state index >= 15 is 0 Å². The third kappa shape index (κ3) is 4.65. The maximum Gasteiger partial charge on any atom is 0.181 e. The standard InChI is InChI=1S/C34H30FNO5/c1-5-27(37)31-26-15-22(8-11-29(26)41-32(31)21-6-9-23(35)10-7-21)24-16-25(30(39-4)14-19(24)2)28(38)17-34(12-13-34)33-20(3)36-18-40-33/h6-11,14-16,18H,5,12-13,17H2,1-4H3. The lowest BCUT2D eigenvalue weighted by Gasteiger charge is -2.16. The van der Waals surface area contributed by atoms with Gasteiger partial charge in [-0.15, -0.1) is 0 Å². The molecule has 1 aliphatic rings. The highest BCUT2D eigenvalue weighted by molar-refractivity contribution is 6.13. The van der Waals surface area contributed by atoms with E-state index in [4.69, 9.17) is 13.6 Å². The third-order valence-electron chi connectivity index (χ3n) is 8.13. The number of halogens is 1. The van der Waals surface area contributed by atoms with Crippen molar-refractivity contribution >= 4 is 22.5 Å². The smallest absolute Gasteiger partial charge is 0.181 e. The van der Waals surface area contributed by atoms with E-state index < -0.39 is 0 Å². The number of hydrogen-bond acceptors (Lipinski definition) is 6. The Morgan fingerprint density at radius 1 is 1.00 bits per heavy atom. The molecular formula is C34H30FNO5. The first-order valence-corrected chi connectivity index (χ1v) is 13.7. The minimum atomic E-state index is -0.362. The fourth-order valence-corrected chi connectivity index (χ4v) is 5.75. The summed E-state index contributed by atoms with van der Waals surface area (Å²) in [6.07, 6.45) is 3.78. The molecule has 1 fully saturated rings. The Balaban J connectivity index is 1.43. The number of fused-ring (bicyclic) bond motifs is 1. The molecule has 0 radical (unpaired) electrons. The van der Waals surface area contributed by atoms with Gasteiger partial charge in [-0.05, 0) is 91.9 Å². The van der Waals surface area contributed by atoms with Gasteiger partial charge in [0, 0.05) is 29.2 Å². The zero-order valence-corrected chi connectivity index (χ0v) is 23.5. The predicted octanol–water partition coefficient (Wildman–Crippen LogP) is 8.42. The molecular weight excluding hydrogens is 521 g/mol. The van der Waals surface area contributed by atoms with Gasteiger partial charge in [0.05, 0.1) is 23.9 Å². The second-order valence-corrected chi connectivity index (χ2v) is 10.8. The summed E-state index contributed by atoms with van der Waals surface area (Å²) in [4.78, 5) is 31.1. The second kappa shape index (κ2) is 10.1. The van der Waals surface area contributed by atoms with Crippen LogP contribution in [0.15, 0.2) is 69.8 Å². The zero-order chi connectivity index (χ0) is 28.9. The number of carbonyl (C=O) groups excluding carboxylic acids is 2.